The normalized spacial score (nSPS) is 12.4. The van der Waals surface area contributed by atoms with E-state index in [1.165, 1.54) is 5.56 Å². The summed E-state index contributed by atoms with van der Waals surface area (Å²) >= 11 is 5.74. The van der Waals surface area contributed by atoms with Crippen LogP contribution in [0.4, 0.5) is 0 Å². The van der Waals surface area contributed by atoms with Crippen molar-refractivity contribution >= 4 is 11.6 Å². The van der Waals surface area contributed by atoms with Crippen LogP contribution in [0.1, 0.15) is 25.3 Å². The van der Waals surface area contributed by atoms with Crippen LogP contribution in [0.15, 0.2) is 24.3 Å². The van der Waals surface area contributed by atoms with E-state index < -0.39 is 0 Å². The summed E-state index contributed by atoms with van der Waals surface area (Å²) in [4.78, 5) is 0. The standard InChI is InChI=1S/C13H20ClNO/c1-3-12(8-9-14)15-10-11-4-6-13(16-2)7-5-11/h4-7,12,15H,3,8-10H2,1-2H3. The van der Waals surface area contributed by atoms with Gasteiger partial charge in [-0.05, 0) is 30.5 Å². The van der Waals surface area contributed by atoms with Gasteiger partial charge in [0.15, 0.2) is 0 Å². The van der Waals surface area contributed by atoms with Gasteiger partial charge in [-0.25, -0.2) is 0 Å². The number of benzene rings is 1. The molecule has 0 aliphatic carbocycles. The van der Waals surface area contributed by atoms with Crippen LogP contribution in [0.5, 0.6) is 5.75 Å². The first-order valence-corrected chi connectivity index (χ1v) is 6.25. The second-order valence-electron chi connectivity index (χ2n) is 3.81. The van der Waals surface area contributed by atoms with Gasteiger partial charge in [-0.1, -0.05) is 19.1 Å². The van der Waals surface area contributed by atoms with E-state index in [-0.39, 0.29) is 0 Å². The molecule has 90 valence electrons. The molecule has 0 heterocycles. The Kier molecular flexibility index (Phi) is 6.27. The van der Waals surface area contributed by atoms with E-state index in [1.807, 2.05) is 12.1 Å². The van der Waals surface area contributed by atoms with Crippen LogP contribution in [0.25, 0.3) is 0 Å². The average Bonchev–Trinajstić information content (AvgIpc) is 2.35. The first-order valence-electron chi connectivity index (χ1n) is 5.72. The summed E-state index contributed by atoms with van der Waals surface area (Å²) in [5.41, 5.74) is 1.27. The average molecular weight is 242 g/mol. The number of hydrogen-bond donors (Lipinski definition) is 1. The number of rotatable bonds is 7. The molecule has 1 aromatic carbocycles. The lowest BCUT2D eigenvalue weighted by Gasteiger charge is -2.15. The minimum Gasteiger partial charge on any atom is -0.497 e. The highest BCUT2D eigenvalue weighted by molar-refractivity contribution is 6.17. The van der Waals surface area contributed by atoms with Crippen molar-refractivity contribution in [3.63, 3.8) is 0 Å². The van der Waals surface area contributed by atoms with Crippen LogP contribution in [0.2, 0.25) is 0 Å². The van der Waals surface area contributed by atoms with Crippen molar-refractivity contribution in [2.24, 2.45) is 0 Å². The Morgan fingerprint density at radius 2 is 2.00 bits per heavy atom. The van der Waals surface area contributed by atoms with Crippen LogP contribution < -0.4 is 10.1 Å². The quantitative estimate of drug-likeness (QED) is 0.741. The van der Waals surface area contributed by atoms with E-state index in [0.717, 1.165) is 25.1 Å². The minimum absolute atomic E-state index is 0.514. The Hall–Kier alpha value is -0.730. The Morgan fingerprint density at radius 3 is 2.50 bits per heavy atom. The molecule has 0 radical (unpaired) electrons. The number of alkyl halides is 1. The molecule has 0 aliphatic rings. The lowest BCUT2D eigenvalue weighted by Crippen LogP contribution is -2.28. The largest absolute Gasteiger partial charge is 0.497 e. The zero-order chi connectivity index (χ0) is 11.8. The Morgan fingerprint density at radius 1 is 1.31 bits per heavy atom. The van der Waals surface area contributed by atoms with Crippen LogP contribution >= 0.6 is 11.6 Å². The molecule has 0 amide bonds. The molecule has 0 aliphatic heterocycles. The highest BCUT2D eigenvalue weighted by Gasteiger charge is 2.04. The van der Waals surface area contributed by atoms with E-state index in [2.05, 4.69) is 24.4 Å². The predicted molar refractivity (Wildman–Crippen MR) is 69.2 cm³/mol. The molecule has 3 heteroatoms. The molecule has 2 nitrogen and oxygen atoms in total. The summed E-state index contributed by atoms with van der Waals surface area (Å²) in [6.07, 6.45) is 2.14. The molecule has 0 saturated carbocycles. The zero-order valence-corrected chi connectivity index (χ0v) is 10.8. The summed E-state index contributed by atoms with van der Waals surface area (Å²) in [6, 6.07) is 8.65. The summed E-state index contributed by atoms with van der Waals surface area (Å²) in [7, 11) is 1.68. The van der Waals surface area contributed by atoms with Gasteiger partial charge in [0, 0.05) is 18.5 Å². The second kappa shape index (κ2) is 7.53. The Balaban J connectivity index is 2.40. The van der Waals surface area contributed by atoms with Crippen molar-refractivity contribution in [3.8, 4) is 5.75 Å². The minimum atomic E-state index is 0.514. The third kappa shape index (κ3) is 4.42. The molecule has 0 bridgehead atoms. The van der Waals surface area contributed by atoms with Crippen molar-refractivity contribution in [1.29, 1.82) is 0 Å². The maximum Gasteiger partial charge on any atom is 0.118 e. The molecule has 0 fully saturated rings. The number of methoxy groups -OCH3 is 1. The summed E-state index contributed by atoms with van der Waals surface area (Å²) in [5, 5.41) is 3.50. The van der Waals surface area contributed by atoms with Crippen molar-refractivity contribution in [1.82, 2.24) is 5.32 Å². The molecule has 0 aromatic heterocycles. The molecule has 1 aromatic rings. The predicted octanol–water partition coefficient (Wildman–Crippen LogP) is 3.19. The van der Waals surface area contributed by atoms with Gasteiger partial charge in [0.1, 0.15) is 5.75 Å². The van der Waals surface area contributed by atoms with Crippen LogP contribution in [0, 0.1) is 0 Å². The SMILES string of the molecule is CCC(CCCl)NCc1ccc(OC)cc1. The maximum absolute atomic E-state index is 5.74. The van der Waals surface area contributed by atoms with E-state index in [4.69, 9.17) is 16.3 Å². The zero-order valence-electron chi connectivity index (χ0n) is 10.0. The number of hydrogen-bond acceptors (Lipinski definition) is 2. The highest BCUT2D eigenvalue weighted by atomic mass is 35.5. The van der Waals surface area contributed by atoms with E-state index in [1.54, 1.807) is 7.11 Å². The lowest BCUT2D eigenvalue weighted by molar-refractivity contribution is 0.414. The van der Waals surface area contributed by atoms with Gasteiger partial charge in [0.25, 0.3) is 0 Å². The molecule has 1 atom stereocenters. The molecular formula is C13H20ClNO. The Labute approximate surface area is 103 Å². The molecular weight excluding hydrogens is 222 g/mol. The van der Waals surface area contributed by atoms with Gasteiger partial charge in [0.2, 0.25) is 0 Å². The lowest BCUT2D eigenvalue weighted by atomic mass is 10.1. The number of ether oxygens (including phenoxy) is 1. The van der Waals surface area contributed by atoms with Crippen molar-refractivity contribution in [2.45, 2.75) is 32.4 Å². The number of halogens is 1. The highest BCUT2D eigenvalue weighted by Crippen LogP contribution is 2.11. The third-order valence-electron chi connectivity index (χ3n) is 2.70. The molecule has 1 unspecified atom stereocenters. The molecule has 1 N–H and O–H groups in total. The monoisotopic (exact) mass is 241 g/mol. The third-order valence-corrected chi connectivity index (χ3v) is 2.92. The molecule has 0 spiro atoms. The summed E-state index contributed by atoms with van der Waals surface area (Å²) < 4.78 is 5.12. The fourth-order valence-electron chi connectivity index (χ4n) is 1.59. The first kappa shape index (κ1) is 13.3. The summed E-state index contributed by atoms with van der Waals surface area (Å²) in [5.74, 6) is 1.62. The number of nitrogens with one attached hydrogen (secondary N) is 1. The van der Waals surface area contributed by atoms with Crippen molar-refractivity contribution in [2.75, 3.05) is 13.0 Å². The topological polar surface area (TPSA) is 21.3 Å². The molecule has 16 heavy (non-hydrogen) atoms. The van der Waals surface area contributed by atoms with E-state index in [9.17, 15) is 0 Å². The van der Waals surface area contributed by atoms with Crippen molar-refractivity contribution in [3.05, 3.63) is 29.8 Å². The van der Waals surface area contributed by atoms with Crippen LogP contribution in [0.3, 0.4) is 0 Å². The van der Waals surface area contributed by atoms with Gasteiger partial charge < -0.3 is 10.1 Å². The summed E-state index contributed by atoms with van der Waals surface area (Å²) in [6.45, 7) is 3.07. The van der Waals surface area contributed by atoms with Gasteiger partial charge in [-0.15, -0.1) is 11.6 Å². The fraction of sp³-hybridized carbons (Fsp3) is 0.538. The second-order valence-corrected chi connectivity index (χ2v) is 4.19. The van der Waals surface area contributed by atoms with Crippen molar-refractivity contribution < 1.29 is 4.74 Å². The van der Waals surface area contributed by atoms with Gasteiger partial charge >= 0.3 is 0 Å². The smallest absolute Gasteiger partial charge is 0.118 e. The van der Waals surface area contributed by atoms with Gasteiger partial charge in [-0.2, -0.15) is 0 Å². The molecule has 1 rings (SSSR count). The van der Waals surface area contributed by atoms with Gasteiger partial charge in [-0.3, -0.25) is 0 Å². The van der Waals surface area contributed by atoms with E-state index >= 15 is 0 Å². The fourth-order valence-corrected chi connectivity index (χ4v) is 1.85. The maximum atomic E-state index is 5.74. The van der Waals surface area contributed by atoms with Crippen LogP contribution in [-0.2, 0) is 6.54 Å². The first-order chi connectivity index (χ1) is 7.80. The Bertz CT molecular complexity index is 286. The van der Waals surface area contributed by atoms with E-state index in [0.29, 0.717) is 11.9 Å². The van der Waals surface area contributed by atoms with Gasteiger partial charge in [0.05, 0.1) is 7.11 Å². The van der Waals surface area contributed by atoms with Crippen LogP contribution in [-0.4, -0.2) is 19.0 Å². The molecule has 0 saturated heterocycles.